The van der Waals surface area contributed by atoms with Gasteiger partial charge in [-0.2, -0.15) is 0 Å². The Bertz CT molecular complexity index is 961. The van der Waals surface area contributed by atoms with E-state index in [2.05, 4.69) is 41.4 Å². The molecule has 0 bridgehead atoms. The predicted octanol–water partition coefficient (Wildman–Crippen LogP) is 5.71. The molecule has 1 N–H and O–H groups in total. The van der Waals surface area contributed by atoms with Crippen molar-refractivity contribution in [1.82, 2.24) is 4.98 Å². The van der Waals surface area contributed by atoms with Crippen LogP contribution in [0.4, 0.5) is 5.69 Å². The first-order valence-corrected chi connectivity index (χ1v) is 11.1. The van der Waals surface area contributed by atoms with Gasteiger partial charge in [-0.25, -0.2) is 4.98 Å². The monoisotopic (exact) mass is 464 g/mol. The van der Waals surface area contributed by atoms with Crippen LogP contribution in [0.5, 0.6) is 5.75 Å². The van der Waals surface area contributed by atoms with Gasteiger partial charge >= 0.3 is 0 Å². The summed E-state index contributed by atoms with van der Waals surface area (Å²) in [6.45, 7) is 3.22. The van der Waals surface area contributed by atoms with Gasteiger partial charge in [0.05, 0.1) is 51.0 Å². The minimum atomic E-state index is 0.699. The number of ether oxygens (including phenoxy) is 1. The Hall–Kier alpha value is -1.56. The first-order valence-electron chi connectivity index (χ1n) is 9.62. The maximum Gasteiger partial charge on any atom is 0.119 e. The highest BCUT2D eigenvalue weighted by Gasteiger charge is 2.15. The van der Waals surface area contributed by atoms with Crippen LogP contribution in [0.1, 0.15) is 12.8 Å². The van der Waals surface area contributed by atoms with Crippen LogP contribution in [0.3, 0.4) is 0 Å². The maximum absolute atomic E-state index is 6.20. The number of hydrogen-bond acceptors (Lipinski definition) is 3. The maximum atomic E-state index is 6.20. The number of hydrogen-bond donors (Lipinski definition) is 1. The van der Waals surface area contributed by atoms with Gasteiger partial charge in [0, 0.05) is 40.5 Å². The lowest BCUT2D eigenvalue weighted by Crippen LogP contribution is -2.42. The van der Waals surface area contributed by atoms with Crippen molar-refractivity contribution in [2.45, 2.75) is 12.8 Å². The largest absolute Gasteiger partial charge is 0.497 e. The molecule has 6 heteroatoms. The fourth-order valence-electron chi connectivity index (χ4n) is 3.53. The van der Waals surface area contributed by atoms with Crippen LogP contribution in [-0.4, -0.2) is 55.6 Å². The Kier molecular flexibility index (Phi) is 7.02. The van der Waals surface area contributed by atoms with E-state index in [1.54, 1.807) is 7.11 Å². The van der Waals surface area contributed by atoms with Gasteiger partial charge in [0.2, 0.25) is 0 Å². The molecule has 0 spiro atoms. The van der Waals surface area contributed by atoms with Gasteiger partial charge in [0.25, 0.3) is 0 Å². The van der Waals surface area contributed by atoms with E-state index < -0.39 is 0 Å². The molecule has 1 aromatic heterocycles. The van der Waals surface area contributed by atoms with E-state index in [-0.39, 0.29) is 0 Å². The third-order valence-corrected chi connectivity index (χ3v) is 5.88. The third-order valence-electron chi connectivity index (χ3n) is 5.08. The summed E-state index contributed by atoms with van der Waals surface area (Å²) in [7, 11) is 6.29. The normalized spacial score (nSPS) is 11.9. The van der Waals surface area contributed by atoms with Crippen LogP contribution >= 0.6 is 27.5 Å². The zero-order valence-corrected chi connectivity index (χ0v) is 19.1. The molecule has 0 saturated carbocycles. The molecule has 0 unspecified atom stereocenters. The summed E-state index contributed by atoms with van der Waals surface area (Å²) in [6.07, 6.45) is 2.29. The number of methoxy groups -OCH3 is 1. The Balaban J connectivity index is 1.86. The highest BCUT2D eigenvalue weighted by atomic mass is 79.9. The Morgan fingerprint density at radius 2 is 1.82 bits per heavy atom. The Morgan fingerprint density at radius 1 is 1.04 bits per heavy atom. The van der Waals surface area contributed by atoms with Crippen molar-refractivity contribution >= 4 is 55.0 Å². The number of aromatic nitrogens is 1. The minimum absolute atomic E-state index is 0.699. The molecule has 3 aromatic rings. The van der Waals surface area contributed by atoms with Crippen molar-refractivity contribution in [3.8, 4) is 5.75 Å². The number of pyridine rings is 1. The van der Waals surface area contributed by atoms with E-state index in [1.165, 1.54) is 13.0 Å². The summed E-state index contributed by atoms with van der Waals surface area (Å²) < 4.78 is 6.47. The van der Waals surface area contributed by atoms with Gasteiger partial charge in [-0.05, 0) is 36.4 Å². The number of alkyl halides is 1. The van der Waals surface area contributed by atoms with E-state index in [0.717, 1.165) is 62.6 Å². The highest BCUT2D eigenvalue weighted by Crippen LogP contribution is 2.34. The van der Waals surface area contributed by atoms with Crippen LogP contribution in [-0.2, 0) is 0 Å². The van der Waals surface area contributed by atoms with Crippen LogP contribution in [0, 0.1) is 0 Å². The minimum Gasteiger partial charge on any atom is -0.497 e. The van der Waals surface area contributed by atoms with Gasteiger partial charge < -0.3 is 14.5 Å². The van der Waals surface area contributed by atoms with E-state index in [9.17, 15) is 0 Å². The fraction of sp³-hybridized carbons (Fsp3) is 0.409. The smallest absolute Gasteiger partial charge is 0.119 e. The fourth-order valence-corrected chi connectivity index (χ4v) is 3.95. The number of nitrogens with one attached hydrogen (secondary N) is 1. The number of nitrogens with zero attached hydrogens (tertiary/aromatic N) is 2. The van der Waals surface area contributed by atoms with Crippen LogP contribution in [0.15, 0.2) is 36.4 Å². The standard InChI is InChI=1S/C22H28BrClN3O/c1-27(2,12-4-10-23)13-5-11-25-22-18-8-6-16(24)14-21(18)26-20-9-7-17(28-3)15-19(20)22/h6-9,14-15H,4-5,10-13H2,1-3H3,(H,25,26)/q+1. The van der Waals surface area contributed by atoms with E-state index in [1.807, 2.05) is 30.3 Å². The van der Waals surface area contributed by atoms with Gasteiger partial charge in [-0.15, -0.1) is 0 Å². The molecule has 0 aliphatic rings. The summed E-state index contributed by atoms with van der Waals surface area (Å²) >= 11 is 9.73. The van der Waals surface area contributed by atoms with Crippen LogP contribution in [0.2, 0.25) is 5.02 Å². The second-order valence-corrected chi connectivity index (χ2v) is 8.97. The van der Waals surface area contributed by atoms with Crippen molar-refractivity contribution in [3.63, 3.8) is 0 Å². The molecular weight excluding hydrogens is 438 g/mol. The van der Waals surface area contributed by atoms with E-state index >= 15 is 0 Å². The zero-order chi connectivity index (χ0) is 20.1. The molecule has 0 amide bonds. The molecule has 28 heavy (non-hydrogen) atoms. The molecule has 0 saturated heterocycles. The van der Waals surface area contributed by atoms with Crippen molar-refractivity contribution in [2.24, 2.45) is 0 Å². The number of rotatable bonds is 9. The van der Waals surface area contributed by atoms with Gasteiger partial charge in [0.1, 0.15) is 5.75 Å². The molecule has 0 fully saturated rings. The second kappa shape index (κ2) is 9.29. The first-order chi connectivity index (χ1) is 13.4. The molecule has 0 atom stereocenters. The lowest BCUT2D eigenvalue weighted by molar-refractivity contribution is -0.890. The predicted molar refractivity (Wildman–Crippen MR) is 124 cm³/mol. The molecule has 0 aliphatic carbocycles. The molecule has 0 radical (unpaired) electrons. The van der Waals surface area contributed by atoms with Gasteiger partial charge in [0.15, 0.2) is 0 Å². The quantitative estimate of drug-likeness (QED) is 0.190. The van der Waals surface area contributed by atoms with Crippen molar-refractivity contribution in [2.75, 3.05) is 51.5 Å². The molecule has 1 heterocycles. The van der Waals surface area contributed by atoms with Crippen molar-refractivity contribution < 1.29 is 9.22 Å². The molecule has 2 aromatic carbocycles. The average molecular weight is 466 g/mol. The molecule has 150 valence electrons. The highest BCUT2D eigenvalue weighted by molar-refractivity contribution is 9.09. The summed E-state index contributed by atoms with van der Waals surface area (Å²) in [5.74, 6) is 0.832. The van der Waals surface area contributed by atoms with E-state index in [4.69, 9.17) is 21.3 Å². The Labute approximate surface area is 180 Å². The van der Waals surface area contributed by atoms with Gasteiger partial charge in [-0.1, -0.05) is 27.5 Å². The number of quaternary nitrogens is 1. The van der Waals surface area contributed by atoms with Crippen molar-refractivity contribution in [1.29, 1.82) is 0 Å². The topological polar surface area (TPSA) is 34.1 Å². The lowest BCUT2D eigenvalue weighted by Gasteiger charge is -2.29. The zero-order valence-electron chi connectivity index (χ0n) is 16.8. The summed E-state index contributed by atoms with van der Waals surface area (Å²) in [4.78, 5) is 4.79. The lowest BCUT2D eigenvalue weighted by atomic mass is 10.1. The molecule has 4 nitrogen and oxygen atoms in total. The van der Waals surface area contributed by atoms with Crippen LogP contribution in [0.25, 0.3) is 21.8 Å². The number of halogens is 2. The van der Waals surface area contributed by atoms with Crippen molar-refractivity contribution in [3.05, 3.63) is 41.4 Å². The first kappa shape index (κ1) is 21.2. The van der Waals surface area contributed by atoms with E-state index in [0.29, 0.717) is 5.02 Å². The number of fused-ring (bicyclic) bond motifs is 2. The van der Waals surface area contributed by atoms with Gasteiger partial charge in [-0.3, -0.25) is 0 Å². The molecule has 0 aliphatic heterocycles. The van der Waals surface area contributed by atoms with Crippen LogP contribution < -0.4 is 10.1 Å². The number of benzene rings is 2. The SMILES string of the molecule is COc1ccc2nc3cc(Cl)ccc3c(NCCC[N+](C)(C)CCCBr)c2c1. The molecule has 3 rings (SSSR count). The molecular formula is C22H28BrClN3O+. The summed E-state index contributed by atoms with van der Waals surface area (Å²) in [6, 6.07) is 11.9. The average Bonchev–Trinajstić information content (AvgIpc) is 2.68. The third kappa shape index (κ3) is 5.07. The second-order valence-electron chi connectivity index (χ2n) is 7.74. The summed E-state index contributed by atoms with van der Waals surface area (Å²) in [5.41, 5.74) is 2.94. The summed E-state index contributed by atoms with van der Waals surface area (Å²) in [5, 5.41) is 7.59. The number of anilines is 1. The Morgan fingerprint density at radius 3 is 2.57 bits per heavy atom.